The Kier molecular flexibility index (Phi) is 5.98. The molecule has 2 aromatic heterocycles. The molecule has 33 heavy (non-hydrogen) atoms. The van der Waals surface area contributed by atoms with Gasteiger partial charge in [-0.25, -0.2) is 4.98 Å². The molecule has 1 amide bonds. The van der Waals surface area contributed by atoms with Crippen LogP contribution in [0.5, 0.6) is 0 Å². The quantitative estimate of drug-likeness (QED) is 0.318. The highest BCUT2D eigenvalue weighted by atomic mass is 35.5. The van der Waals surface area contributed by atoms with Crippen LogP contribution in [0.25, 0.3) is 21.3 Å². The van der Waals surface area contributed by atoms with Crippen LogP contribution in [-0.2, 0) is 0 Å². The zero-order valence-electron chi connectivity index (χ0n) is 18.4. The van der Waals surface area contributed by atoms with Crippen molar-refractivity contribution in [3.8, 4) is 17.2 Å². The molecule has 0 spiro atoms. The van der Waals surface area contributed by atoms with Gasteiger partial charge in [0, 0.05) is 21.7 Å². The van der Waals surface area contributed by atoms with E-state index in [-0.39, 0.29) is 23.0 Å². The lowest BCUT2D eigenvalue weighted by Gasteiger charge is -2.12. The van der Waals surface area contributed by atoms with E-state index in [4.69, 9.17) is 23.1 Å². The van der Waals surface area contributed by atoms with Gasteiger partial charge in [0.05, 0.1) is 5.69 Å². The van der Waals surface area contributed by atoms with Gasteiger partial charge in [-0.2, -0.15) is 5.26 Å². The minimum atomic E-state index is -0.376. The lowest BCUT2D eigenvalue weighted by Crippen LogP contribution is -2.13. The first-order valence-corrected chi connectivity index (χ1v) is 11.5. The number of aromatic nitrogens is 1. The van der Waals surface area contributed by atoms with Crippen LogP contribution in [0, 0.1) is 18.3 Å². The molecule has 8 heteroatoms. The van der Waals surface area contributed by atoms with E-state index < -0.39 is 0 Å². The van der Waals surface area contributed by atoms with Crippen LogP contribution in [0.2, 0.25) is 5.02 Å². The molecule has 0 aliphatic carbocycles. The topological polar surface area (TPSA) is 118 Å². The number of carbonyl (C=O) groups is 1. The van der Waals surface area contributed by atoms with Crippen molar-refractivity contribution in [3.05, 3.63) is 69.1 Å². The molecule has 2 aromatic carbocycles. The van der Waals surface area contributed by atoms with Crippen molar-refractivity contribution in [2.75, 3.05) is 16.8 Å². The summed E-state index contributed by atoms with van der Waals surface area (Å²) in [5, 5.41) is 13.8. The first-order valence-electron chi connectivity index (χ1n) is 10.3. The molecule has 0 saturated carbocycles. The summed E-state index contributed by atoms with van der Waals surface area (Å²) in [5.74, 6) is 0.0966. The number of pyridine rings is 1. The molecule has 166 valence electrons. The summed E-state index contributed by atoms with van der Waals surface area (Å²) < 4.78 is 0. The molecular weight excluding hydrogens is 454 g/mol. The number of nitrogen functional groups attached to an aromatic ring is 2. The predicted molar refractivity (Wildman–Crippen MR) is 137 cm³/mol. The number of rotatable bonds is 4. The van der Waals surface area contributed by atoms with Crippen LogP contribution >= 0.6 is 22.9 Å². The summed E-state index contributed by atoms with van der Waals surface area (Å²) in [6.45, 7) is 6.05. The highest BCUT2D eigenvalue weighted by Gasteiger charge is 2.24. The van der Waals surface area contributed by atoms with Crippen LogP contribution in [0.1, 0.15) is 46.1 Å². The Morgan fingerprint density at radius 3 is 2.52 bits per heavy atom. The fourth-order valence-electron chi connectivity index (χ4n) is 3.70. The number of nitrogens with one attached hydrogen (secondary N) is 1. The summed E-state index contributed by atoms with van der Waals surface area (Å²) in [4.78, 5) is 18.3. The number of nitrogens with two attached hydrogens (primary N) is 2. The third kappa shape index (κ3) is 3.99. The van der Waals surface area contributed by atoms with Gasteiger partial charge < -0.3 is 16.8 Å². The molecule has 4 rings (SSSR count). The number of thiophene rings is 1. The molecule has 0 radical (unpaired) electrons. The van der Waals surface area contributed by atoms with E-state index in [2.05, 4.69) is 30.2 Å². The van der Waals surface area contributed by atoms with E-state index in [1.54, 1.807) is 18.2 Å². The van der Waals surface area contributed by atoms with Crippen molar-refractivity contribution >= 4 is 56.3 Å². The second-order valence-electron chi connectivity index (χ2n) is 8.03. The van der Waals surface area contributed by atoms with Gasteiger partial charge in [-0.05, 0) is 41.7 Å². The second-order valence-corrected chi connectivity index (χ2v) is 9.43. The smallest absolute Gasteiger partial charge is 0.267 e. The largest absolute Gasteiger partial charge is 0.397 e. The minimum absolute atomic E-state index is 0.104. The maximum absolute atomic E-state index is 13.1. The van der Waals surface area contributed by atoms with Gasteiger partial charge in [-0.3, -0.25) is 4.79 Å². The molecule has 2 heterocycles. The Balaban J connectivity index is 1.88. The number of nitriles is 1. The fraction of sp³-hybridized carbons (Fsp3) is 0.160. The monoisotopic (exact) mass is 475 g/mol. The van der Waals surface area contributed by atoms with Gasteiger partial charge >= 0.3 is 0 Å². The van der Waals surface area contributed by atoms with Crippen LogP contribution in [0.4, 0.5) is 17.2 Å². The normalized spacial score (nSPS) is 11.0. The number of fused-ring (bicyclic) bond motifs is 1. The molecule has 4 aromatic rings. The number of benzene rings is 2. The SMILES string of the molecule is Cc1c(Cl)cccc1NC(=O)c1sc2nc(N)c(C#N)c(-c3ccc(C(C)C)cc3)c2c1N. The standard InChI is InChI=1S/C25H22ClN5OS/c1-12(2)14-7-9-15(10-8-14)19-16(11-27)23(29)31-25-20(19)21(28)22(33-25)24(32)30-18-6-4-5-17(26)13(18)3/h4-10,12H,28H2,1-3H3,(H2,29,31)(H,30,32). The van der Waals surface area contributed by atoms with E-state index in [1.807, 2.05) is 31.2 Å². The lowest BCUT2D eigenvalue weighted by atomic mass is 9.94. The average molecular weight is 476 g/mol. The van der Waals surface area contributed by atoms with Gasteiger partial charge in [0.1, 0.15) is 27.2 Å². The molecule has 0 atom stereocenters. The first-order chi connectivity index (χ1) is 15.7. The second kappa shape index (κ2) is 8.74. The Morgan fingerprint density at radius 2 is 1.88 bits per heavy atom. The van der Waals surface area contributed by atoms with E-state index >= 15 is 0 Å². The van der Waals surface area contributed by atoms with Crippen LogP contribution in [-0.4, -0.2) is 10.9 Å². The average Bonchev–Trinajstić information content (AvgIpc) is 3.11. The number of anilines is 3. The Labute approximate surface area is 200 Å². The third-order valence-corrected chi connectivity index (χ3v) is 7.11. The lowest BCUT2D eigenvalue weighted by molar-refractivity contribution is 0.103. The van der Waals surface area contributed by atoms with E-state index in [1.165, 1.54) is 5.56 Å². The van der Waals surface area contributed by atoms with Crippen molar-refractivity contribution in [1.29, 1.82) is 5.26 Å². The highest BCUT2D eigenvalue weighted by Crippen LogP contribution is 2.43. The van der Waals surface area contributed by atoms with Crippen LogP contribution in [0.15, 0.2) is 42.5 Å². The van der Waals surface area contributed by atoms with Gasteiger partial charge in [0.15, 0.2) is 0 Å². The van der Waals surface area contributed by atoms with Gasteiger partial charge in [-0.15, -0.1) is 11.3 Å². The Bertz CT molecular complexity index is 1430. The van der Waals surface area contributed by atoms with Gasteiger partial charge in [0.25, 0.3) is 5.91 Å². The zero-order chi connectivity index (χ0) is 23.9. The first kappa shape index (κ1) is 22.6. The number of amides is 1. The molecule has 0 unspecified atom stereocenters. The van der Waals surface area contributed by atoms with Crippen molar-refractivity contribution in [2.24, 2.45) is 0 Å². The third-order valence-electron chi connectivity index (χ3n) is 5.60. The predicted octanol–water partition coefficient (Wildman–Crippen LogP) is 6.34. The molecule has 0 fully saturated rings. The van der Waals surface area contributed by atoms with E-state index in [0.717, 1.165) is 22.5 Å². The molecule has 0 bridgehead atoms. The molecular formula is C25H22ClN5OS. The van der Waals surface area contributed by atoms with Gasteiger partial charge in [0.2, 0.25) is 0 Å². The fourth-order valence-corrected chi connectivity index (χ4v) is 4.88. The molecule has 0 aliphatic heterocycles. The van der Waals surface area contributed by atoms with Crippen LogP contribution < -0.4 is 16.8 Å². The summed E-state index contributed by atoms with van der Waals surface area (Å²) in [7, 11) is 0. The summed E-state index contributed by atoms with van der Waals surface area (Å²) >= 11 is 7.32. The zero-order valence-corrected chi connectivity index (χ0v) is 19.9. The van der Waals surface area contributed by atoms with Crippen molar-refractivity contribution in [2.45, 2.75) is 26.7 Å². The number of hydrogen-bond acceptors (Lipinski definition) is 6. The molecule has 0 saturated heterocycles. The Hall–Kier alpha value is -3.60. The van der Waals surface area contributed by atoms with Crippen molar-refractivity contribution in [3.63, 3.8) is 0 Å². The highest BCUT2D eigenvalue weighted by molar-refractivity contribution is 7.21. The molecule has 5 N–H and O–H groups in total. The summed E-state index contributed by atoms with van der Waals surface area (Å²) in [6, 6.07) is 15.4. The van der Waals surface area contributed by atoms with Gasteiger partial charge in [-0.1, -0.05) is 55.8 Å². The minimum Gasteiger partial charge on any atom is -0.397 e. The van der Waals surface area contributed by atoms with Crippen LogP contribution in [0.3, 0.4) is 0 Å². The summed E-state index contributed by atoms with van der Waals surface area (Å²) in [6.07, 6.45) is 0. The maximum atomic E-state index is 13.1. The molecule has 0 aliphatic rings. The number of halogens is 1. The number of carbonyl (C=O) groups excluding carboxylic acids is 1. The van der Waals surface area contributed by atoms with E-state index in [0.29, 0.717) is 37.3 Å². The number of hydrogen-bond donors (Lipinski definition) is 3. The number of nitrogens with zero attached hydrogens (tertiary/aromatic N) is 2. The maximum Gasteiger partial charge on any atom is 0.267 e. The Morgan fingerprint density at radius 1 is 1.18 bits per heavy atom. The van der Waals surface area contributed by atoms with Crippen molar-refractivity contribution < 1.29 is 4.79 Å². The molecule has 6 nitrogen and oxygen atoms in total. The van der Waals surface area contributed by atoms with Crippen molar-refractivity contribution in [1.82, 2.24) is 4.98 Å². The summed E-state index contributed by atoms with van der Waals surface area (Å²) in [5.41, 5.74) is 17.0. The van der Waals surface area contributed by atoms with E-state index in [9.17, 15) is 10.1 Å².